The molecule has 2 amide bonds. The third kappa shape index (κ3) is 6.85. The standard InChI is InChI=1S/C19H21ClN2O3/c1-2-11-21-18(23)12-19(24)22-16-7-9-17(10-8-16)25-13-14-3-5-15(20)6-4-14/h3-10H,2,11-13H2,1H3,(H,21,23)(H,22,24). The van der Waals surface area contributed by atoms with Crippen molar-refractivity contribution >= 4 is 29.1 Å². The number of anilines is 1. The third-order valence-corrected chi connectivity index (χ3v) is 3.60. The normalized spacial score (nSPS) is 10.2. The highest BCUT2D eigenvalue weighted by atomic mass is 35.5. The van der Waals surface area contributed by atoms with Gasteiger partial charge in [0.2, 0.25) is 11.8 Å². The molecule has 0 radical (unpaired) electrons. The Balaban J connectivity index is 1.80. The molecule has 0 saturated heterocycles. The van der Waals surface area contributed by atoms with E-state index in [9.17, 15) is 9.59 Å². The zero-order valence-electron chi connectivity index (χ0n) is 14.0. The van der Waals surface area contributed by atoms with Crippen LogP contribution in [0.5, 0.6) is 5.75 Å². The second kappa shape index (κ2) is 9.69. The van der Waals surface area contributed by atoms with Gasteiger partial charge in [-0.15, -0.1) is 0 Å². The van der Waals surface area contributed by atoms with E-state index in [4.69, 9.17) is 16.3 Å². The molecule has 0 aliphatic carbocycles. The second-order valence-electron chi connectivity index (χ2n) is 5.51. The molecular formula is C19H21ClN2O3. The van der Waals surface area contributed by atoms with Gasteiger partial charge in [-0.2, -0.15) is 0 Å². The molecular weight excluding hydrogens is 340 g/mol. The molecule has 6 heteroatoms. The maximum Gasteiger partial charge on any atom is 0.233 e. The van der Waals surface area contributed by atoms with Crippen LogP contribution in [0.25, 0.3) is 0 Å². The molecule has 5 nitrogen and oxygen atoms in total. The number of amides is 2. The van der Waals surface area contributed by atoms with Crippen LogP contribution in [0.15, 0.2) is 48.5 Å². The van der Waals surface area contributed by atoms with Crippen LogP contribution >= 0.6 is 11.6 Å². The average molecular weight is 361 g/mol. The van der Waals surface area contributed by atoms with Gasteiger partial charge in [-0.1, -0.05) is 30.7 Å². The summed E-state index contributed by atoms with van der Waals surface area (Å²) in [6.45, 7) is 2.96. The summed E-state index contributed by atoms with van der Waals surface area (Å²) in [5.41, 5.74) is 1.63. The maximum absolute atomic E-state index is 11.8. The van der Waals surface area contributed by atoms with Gasteiger partial charge in [-0.3, -0.25) is 9.59 Å². The summed E-state index contributed by atoms with van der Waals surface area (Å²) >= 11 is 5.84. The Morgan fingerprint density at radius 3 is 2.32 bits per heavy atom. The highest BCUT2D eigenvalue weighted by Gasteiger charge is 2.09. The van der Waals surface area contributed by atoms with Gasteiger partial charge >= 0.3 is 0 Å². The molecule has 2 aromatic rings. The Kier molecular flexibility index (Phi) is 7.29. The molecule has 0 bridgehead atoms. The van der Waals surface area contributed by atoms with Crippen molar-refractivity contribution < 1.29 is 14.3 Å². The van der Waals surface area contributed by atoms with Crippen LogP contribution in [-0.2, 0) is 16.2 Å². The number of ether oxygens (including phenoxy) is 1. The minimum atomic E-state index is -0.344. The molecule has 0 atom stereocenters. The van der Waals surface area contributed by atoms with Crippen LogP contribution in [0.2, 0.25) is 5.02 Å². The number of carbonyl (C=O) groups is 2. The molecule has 2 aromatic carbocycles. The van der Waals surface area contributed by atoms with Gasteiger partial charge in [0.1, 0.15) is 18.8 Å². The lowest BCUT2D eigenvalue weighted by molar-refractivity contribution is -0.126. The van der Waals surface area contributed by atoms with Crippen molar-refractivity contribution in [1.82, 2.24) is 5.32 Å². The van der Waals surface area contributed by atoms with Crippen LogP contribution in [0.1, 0.15) is 25.3 Å². The predicted octanol–water partition coefficient (Wildman–Crippen LogP) is 3.77. The number of nitrogens with one attached hydrogen (secondary N) is 2. The van der Waals surface area contributed by atoms with Gasteiger partial charge in [0.25, 0.3) is 0 Å². The summed E-state index contributed by atoms with van der Waals surface area (Å²) in [4.78, 5) is 23.3. The summed E-state index contributed by atoms with van der Waals surface area (Å²) in [5.74, 6) is 0.0688. The van der Waals surface area contributed by atoms with E-state index in [0.717, 1.165) is 12.0 Å². The first-order valence-corrected chi connectivity index (χ1v) is 8.48. The molecule has 2 N–H and O–H groups in total. The zero-order chi connectivity index (χ0) is 18.1. The van der Waals surface area contributed by atoms with Gasteiger partial charge in [-0.25, -0.2) is 0 Å². The fraction of sp³-hybridized carbons (Fsp3) is 0.263. The topological polar surface area (TPSA) is 67.4 Å². The number of benzene rings is 2. The molecule has 132 valence electrons. The number of hydrogen-bond acceptors (Lipinski definition) is 3. The Labute approximate surface area is 152 Å². The maximum atomic E-state index is 11.8. The fourth-order valence-electron chi connectivity index (χ4n) is 2.06. The first-order valence-electron chi connectivity index (χ1n) is 8.10. The van der Waals surface area contributed by atoms with Crippen LogP contribution in [0.4, 0.5) is 5.69 Å². The molecule has 0 aliphatic rings. The molecule has 0 saturated carbocycles. The van der Waals surface area contributed by atoms with Crippen LogP contribution in [0.3, 0.4) is 0 Å². The van der Waals surface area contributed by atoms with Crippen molar-refractivity contribution in [2.45, 2.75) is 26.4 Å². The van der Waals surface area contributed by atoms with Gasteiger partial charge in [0.15, 0.2) is 0 Å². The lowest BCUT2D eigenvalue weighted by Gasteiger charge is -2.09. The summed E-state index contributed by atoms with van der Waals surface area (Å²) in [5, 5.41) is 6.04. The van der Waals surface area contributed by atoms with E-state index in [0.29, 0.717) is 29.6 Å². The molecule has 25 heavy (non-hydrogen) atoms. The zero-order valence-corrected chi connectivity index (χ0v) is 14.8. The van der Waals surface area contributed by atoms with Crippen molar-refractivity contribution in [1.29, 1.82) is 0 Å². The van der Waals surface area contributed by atoms with E-state index < -0.39 is 0 Å². The molecule has 2 rings (SSSR count). The molecule has 0 aliphatic heterocycles. The Morgan fingerprint density at radius 2 is 1.68 bits per heavy atom. The van der Waals surface area contributed by atoms with Gasteiger partial charge < -0.3 is 15.4 Å². The van der Waals surface area contributed by atoms with Crippen molar-refractivity contribution in [3.63, 3.8) is 0 Å². The van der Waals surface area contributed by atoms with E-state index in [1.165, 1.54) is 0 Å². The highest BCUT2D eigenvalue weighted by molar-refractivity contribution is 6.30. The predicted molar refractivity (Wildman–Crippen MR) is 98.8 cm³/mol. The second-order valence-corrected chi connectivity index (χ2v) is 5.95. The summed E-state index contributed by atoms with van der Waals surface area (Å²) < 4.78 is 5.68. The SMILES string of the molecule is CCCNC(=O)CC(=O)Nc1ccc(OCc2ccc(Cl)cc2)cc1. The molecule has 0 spiro atoms. The number of carbonyl (C=O) groups excluding carboxylic acids is 2. The van der Waals surface area contributed by atoms with Crippen LogP contribution in [0, 0.1) is 0 Å². The summed E-state index contributed by atoms with van der Waals surface area (Å²) in [7, 11) is 0. The smallest absolute Gasteiger partial charge is 0.233 e. The van der Waals surface area contributed by atoms with Gasteiger partial charge in [0.05, 0.1) is 0 Å². The first kappa shape index (κ1) is 18.8. The molecule has 0 heterocycles. The first-order chi connectivity index (χ1) is 12.1. The fourth-order valence-corrected chi connectivity index (χ4v) is 2.19. The number of rotatable bonds is 8. The molecule has 0 aromatic heterocycles. The number of halogens is 1. The monoisotopic (exact) mass is 360 g/mol. The third-order valence-electron chi connectivity index (χ3n) is 3.35. The van der Waals surface area contributed by atoms with Crippen molar-refractivity contribution in [2.75, 3.05) is 11.9 Å². The highest BCUT2D eigenvalue weighted by Crippen LogP contribution is 2.18. The van der Waals surface area contributed by atoms with Gasteiger partial charge in [0, 0.05) is 17.3 Å². The minimum Gasteiger partial charge on any atom is -0.489 e. The van der Waals surface area contributed by atoms with E-state index in [-0.39, 0.29) is 18.2 Å². The van der Waals surface area contributed by atoms with E-state index in [1.807, 2.05) is 31.2 Å². The largest absolute Gasteiger partial charge is 0.489 e. The van der Waals surface area contributed by atoms with Crippen LogP contribution < -0.4 is 15.4 Å². The Bertz CT molecular complexity index is 700. The number of hydrogen-bond donors (Lipinski definition) is 2. The average Bonchev–Trinajstić information content (AvgIpc) is 2.60. The summed E-state index contributed by atoms with van der Waals surface area (Å²) in [6, 6.07) is 14.4. The van der Waals surface area contributed by atoms with Gasteiger partial charge in [-0.05, 0) is 48.4 Å². The van der Waals surface area contributed by atoms with Crippen molar-refractivity contribution in [3.8, 4) is 5.75 Å². The van der Waals surface area contributed by atoms with E-state index in [2.05, 4.69) is 10.6 Å². The molecule has 0 unspecified atom stereocenters. The summed E-state index contributed by atoms with van der Waals surface area (Å²) in [6.07, 6.45) is 0.652. The Hall–Kier alpha value is -2.53. The lowest BCUT2D eigenvalue weighted by atomic mass is 10.2. The van der Waals surface area contributed by atoms with Crippen molar-refractivity contribution in [2.24, 2.45) is 0 Å². The quantitative estimate of drug-likeness (QED) is 0.704. The Morgan fingerprint density at radius 1 is 1.00 bits per heavy atom. The van der Waals surface area contributed by atoms with Crippen LogP contribution in [-0.4, -0.2) is 18.4 Å². The minimum absolute atomic E-state index is 0.186. The van der Waals surface area contributed by atoms with Crippen molar-refractivity contribution in [3.05, 3.63) is 59.1 Å². The van der Waals surface area contributed by atoms with E-state index >= 15 is 0 Å². The lowest BCUT2D eigenvalue weighted by Crippen LogP contribution is -2.28. The molecule has 0 fully saturated rings. The van der Waals surface area contributed by atoms with E-state index in [1.54, 1.807) is 24.3 Å².